The number of benzene rings is 2. The normalized spacial score (nSPS) is 11.4. The Morgan fingerprint density at radius 3 is 2.50 bits per heavy atom. The minimum Gasteiger partial charge on any atom is -0.279 e. The number of thioether (sulfide) groups is 1. The Bertz CT molecular complexity index is 1140. The molecule has 0 spiro atoms. The third-order valence-corrected chi connectivity index (χ3v) is 7.56. The molecule has 4 aromatic rings. The Balaban J connectivity index is 1.42. The fraction of sp³-hybridized carbons (Fsp3) is 0.0556. The SMILES string of the molecule is O=S(=O)(Nc1ccc(SCc2nnnn2-c2ccccc2)cc1)c1cccs1. The van der Waals surface area contributed by atoms with Crippen LogP contribution < -0.4 is 4.72 Å². The van der Waals surface area contributed by atoms with Crippen LogP contribution in [0, 0.1) is 0 Å². The van der Waals surface area contributed by atoms with Crippen molar-refractivity contribution in [1.29, 1.82) is 0 Å². The summed E-state index contributed by atoms with van der Waals surface area (Å²) >= 11 is 2.76. The first-order valence-corrected chi connectivity index (χ1v) is 11.6. The first-order valence-electron chi connectivity index (χ1n) is 8.24. The van der Waals surface area contributed by atoms with Crippen LogP contribution in [0.3, 0.4) is 0 Å². The van der Waals surface area contributed by atoms with Gasteiger partial charge in [-0.3, -0.25) is 4.72 Å². The van der Waals surface area contributed by atoms with Crippen molar-refractivity contribution in [1.82, 2.24) is 20.2 Å². The number of sulfonamides is 1. The van der Waals surface area contributed by atoms with Gasteiger partial charge in [-0.2, -0.15) is 4.68 Å². The molecule has 0 bridgehead atoms. The molecular formula is C18H15N5O2S3. The lowest BCUT2D eigenvalue weighted by molar-refractivity contribution is 0.603. The summed E-state index contributed by atoms with van der Waals surface area (Å²) in [5.41, 5.74) is 1.42. The lowest BCUT2D eigenvalue weighted by atomic mass is 10.3. The predicted octanol–water partition coefficient (Wildman–Crippen LogP) is 3.82. The number of aromatic nitrogens is 4. The van der Waals surface area contributed by atoms with Gasteiger partial charge < -0.3 is 0 Å². The molecule has 142 valence electrons. The predicted molar refractivity (Wildman–Crippen MR) is 110 cm³/mol. The highest BCUT2D eigenvalue weighted by molar-refractivity contribution is 7.98. The van der Waals surface area contributed by atoms with E-state index >= 15 is 0 Å². The molecule has 0 radical (unpaired) electrons. The maximum atomic E-state index is 12.3. The van der Waals surface area contributed by atoms with Gasteiger partial charge >= 0.3 is 0 Å². The Labute approximate surface area is 170 Å². The van der Waals surface area contributed by atoms with Crippen LogP contribution in [0.4, 0.5) is 5.69 Å². The zero-order chi connectivity index (χ0) is 19.4. The molecule has 7 nitrogen and oxygen atoms in total. The van der Waals surface area contributed by atoms with Crippen LogP contribution in [-0.2, 0) is 15.8 Å². The molecule has 0 unspecified atom stereocenters. The summed E-state index contributed by atoms with van der Waals surface area (Å²) in [7, 11) is -3.53. The van der Waals surface area contributed by atoms with Gasteiger partial charge in [0, 0.05) is 10.6 Å². The standard InChI is InChI=1S/C18H15N5O2S3/c24-28(25,18-7-4-12-26-18)20-14-8-10-16(11-9-14)27-13-17-19-21-22-23(17)15-5-2-1-3-6-15/h1-12,20H,13H2. The van der Waals surface area contributed by atoms with E-state index in [-0.39, 0.29) is 0 Å². The van der Waals surface area contributed by atoms with Crippen molar-refractivity contribution < 1.29 is 8.42 Å². The molecule has 10 heteroatoms. The van der Waals surface area contributed by atoms with Crippen LogP contribution in [0.15, 0.2) is 81.2 Å². The van der Waals surface area contributed by atoms with E-state index in [2.05, 4.69) is 20.2 Å². The van der Waals surface area contributed by atoms with E-state index in [1.165, 1.54) is 11.3 Å². The fourth-order valence-electron chi connectivity index (χ4n) is 2.45. The third-order valence-electron chi connectivity index (χ3n) is 3.77. The highest BCUT2D eigenvalue weighted by Crippen LogP contribution is 2.26. The Hall–Kier alpha value is -2.69. The van der Waals surface area contributed by atoms with Gasteiger partial charge in [0.1, 0.15) is 4.21 Å². The summed E-state index contributed by atoms with van der Waals surface area (Å²) in [4.78, 5) is 0.988. The molecule has 0 saturated carbocycles. The van der Waals surface area contributed by atoms with E-state index in [0.717, 1.165) is 16.4 Å². The number of anilines is 1. The van der Waals surface area contributed by atoms with Crippen molar-refractivity contribution in [2.24, 2.45) is 0 Å². The highest BCUT2D eigenvalue weighted by atomic mass is 32.2. The molecule has 2 aromatic carbocycles. The second kappa shape index (κ2) is 8.13. The Morgan fingerprint density at radius 2 is 1.79 bits per heavy atom. The maximum absolute atomic E-state index is 12.3. The summed E-state index contributed by atoms with van der Waals surface area (Å²) < 4.78 is 29.1. The van der Waals surface area contributed by atoms with E-state index in [1.807, 2.05) is 42.5 Å². The minimum atomic E-state index is -3.53. The Morgan fingerprint density at radius 1 is 1.00 bits per heavy atom. The lowest BCUT2D eigenvalue weighted by Crippen LogP contribution is -2.11. The smallest absolute Gasteiger partial charge is 0.271 e. The molecule has 0 aliphatic carbocycles. The van der Waals surface area contributed by atoms with Crippen molar-refractivity contribution >= 4 is 38.8 Å². The van der Waals surface area contributed by atoms with Crippen LogP contribution in [-0.4, -0.2) is 28.6 Å². The van der Waals surface area contributed by atoms with E-state index in [0.29, 0.717) is 15.6 Å². The molecule has 0 aliphatic heterocycles. The Kier molecular flexibility index (Phi) is 5.42. The molecular weight excluding hydrogens is 414 g/mol. The molecule has 28 heavy (non-hydrogen) atoms. The van der Waals surface area contributed by atoms with Gasteiger partial charge in [0.2, 0.25) is 0 Å². The largest absolute Gasteiger partial charge is 0.279 e. The molecule has 0 amide bonds. The number of para-hydroxylation sites is 1. The quantitative estimate of drug-likeness (QED) is 0.449. The number of tetrazole rings is 1. The highest BCUT2D eigenvalue weighted by Gasteiger charge is 2.15. The van der Waals surface area contributed by atoms with Gasteiger partial charge in [0.25, 0.3) is 10.0 Å². The summed E-state index contributed by atoms with van der Waals surface area (Å²) in [6.45, 7) is 0. The van der Waals surface area contributed by atoms with Crippen molar-refractivity contribution in [3.63, 3.8) is 0 Å². The minimum absolute atomic E-state index is 0.290. The lowest BCUT2D eigenvalue weighted by Gasteiger charge is -2.07. The molecule has 0 aliphatic rings. The first kappa shape index (κ1) is 18.7. The number of rotatable bonds is 7. The van der Waals surface area contributed by atoms with Crippen molar-refractivity contribution in [3.05, 3.63) is 77.9 Å². The molecule has 0 saturated heterocycles. The number of thiophene rings is 1. The molecule has 4 rings (SSSR count). The van der Waals surface area contributed by atoms with Crippen molar-refractivity contribution in [2.45, 2.75) is 14.9 Å². The summed E-state index contributed by atoms with van der Waals surface area (Å²) in [6, 6.07) is 20.2. The van der Waals surface area contributed by atoms with Crippen molar-refractivity contribution in [2.75, 3.05) is 4.72 Å². The monoisotopic (exact) mass is 429 g/mol. The molecule has 2 aromatic heterocycles. The van der Waals surface area contributed by atoms with E-state index in [4.69, 9.17) is 0 Å². The molecule has 1 N–H and O–H groups in total. The van der Waals surface area contributed by atoms with Crippen molar-refractivity contribution in [3.8, 4) is 5.69 Å². The summed E-state index contributed by atoms with van der Waals surface area (Å²) in [6.07, 6.45) is 0. The average Bonchev–Trinajstić information content (AvgIpc) is 3.40. The van der Waals surface area contributed by atoms with Gasteiger partial charge in [-0.25, -0.2) is 8.42 Å². The van der Waals surface area contributed by atoms with Gasteiger partial charge in [0.15, 0.2) is 5.82 Å². The number of nitrogens with one attached hydrogen (secondary N) is 1. The van der Waals surface area contributed by atoms with Crippen LogP contribution in [0.1, 0.15) is 5.82 Å². The number of nitrogens with zero attached hydrogens (tertiary/aromatic N) is 4. The van der Waals surface area contributed by atoms with E-state index < -0.39 is 10.0 Å². The summed E-state index contributed by atoms with van der Waals surface area (Å²) in [5.74, 6) is 1.32. The van der Waals surface area contributed by atoms with Crippen LogP contribution >= 0.6 is 23.1 Å². The zero-order valence-corrected chi connectivity index (χ0v) is 16.9. The van der Waals surface area contributed by atoms with E-state index in [1.54, 1.807) is 46.1 Å². The van der Waals surface area contributed by atoms with Gasteiger partial charge in [0.05, 0.1) is 11.4 Å². The van der Waals surface area contributed by atoms with Crippen LogP contribution in [0.5, 0.6) is 0 Å². The number of hydrogen-bond acceptors (Lipinski definition) is 7. The maximum Gasteiger partial charge on any atom is 0.271 e. The third kappa shape index (κ3) is 4.24. The second-order valence-electron chi connectivity index (χ2n) is 5.69. The van der Waals surface area contributed by atoms with Gasteiger partial charge in [-0.15, -0.1) is 28.2 Å². The summed E-state index contributed by atoms with van der Waals surface area (Å²) in [5, 5.41) is 13.6. The second-order valence-corrected chi connectivity index (χ2v) is 9.60. The molecule has 0 fully saturated rings. The molecule has 0 atom stereocenters. The van der Waals surface area contributed by atoms with Crippen LogP contribution in [0.2, 0.25) is 0 Å². The van der Waals surface area contributed by atoms with Gasteiger partial charge in [-0.05, 0) is 58.3 Å². The first-order chi connectivity index (χ1) is 13.6. The zero-order valence-electron chi connectivity index (χ0n) is 14.5. The topological polar surface area (TPSA) is 89.8 Å². The average molecular weight is 430 g/mol. The number of hydrogen-bond donors (Lipinski definition) is 1. The fourth-order valence-corrected chi connectivity index (χ4v) is 5.31. The van der Waals surface area contributed by atoms with E-state index in [9.17, 15) is 8.42 Å². The van der Waals surface area contributed by atoms with Crippen LogP contribution in [0.25, 0.3) is 5.69 Å². The molecule has 2 heterocycles. The van der Waals surface area contributed by atoms with Gasteiger partial charge in [-0.1, -0.05) is 24.3 Å².